The van der Waals surface area contributed by atoms with Crippen molar-refractivity contribution < 1.29 is 43.9 Å². The zero-order chi connectivity index (χ0) is 16.0. The van der Waals surface area contributed by atoms with Gasteiger partial charge in [0.2, 0.25) is 11.2 Å². The van der Waals surface area contributed by atoms with Gasteiger partial charge in [-0.25, -0.2) is 9.59 Å². The van der Waals surface area contributed by atoms with Gasteiger partial charge in [-0.05, 0) is 0 Å². The molecule has 0 aromatic heterocycles. The molecule has 9 heteroatoms. The Labute approximate surface area is 125 Å². The molecule has 3 fully saturated rings. The van der Waals surface area contributed by atoms with Gasteiger partial charge in [-0.15, -0.1) is 0 Å². The van der Waals surface area contributed by atoms with Crippen molar-refractivity contribution in [1.82, 2.24) is 0 Å². The van der Waals surface area contributed by atoms with Crippen LogP contribution in [0.3, 0.4) is 0 Å². The predicted molar refractivity (Wildman–Crippen MR) is 66.9 cm³/mol. The number of carbonyl (C=O) groups is 2. The van der Waals surface area contributed by atoms with Crippen molar-refractivity contribution in [3.8, 4) is 0 Å². The molecule has 22 heavy (non-hydrogen) atoms. The first-order valence-electron chi connectivity index (χ1n) is 7.05. The fourth-order valence-electron chi connectivity index (χ4n) is 2.34. The van der Waals surface area contributed by atoms with E-state index in [0.717, 1.165) is 0 Å². The number of carbonyl (C=O) groups excluding carboxylic acids is 1. The Morgan fingerprint density at radius 1 is 0.955 bits per heavy atom. The first kappa shape index (κ1) is 15.6. The Morgan fingerprint density at radius 3 is 1.82 bits per heavy atom. The summed E-state index contributed by atoms with van der Waals surface area (Å²) in [6, 6.07) is 0. The van der Waals surface area contributed by atoms with Gasteiger partial charge in [0.05, 0.1) is 32.0 Å². The summed E-state index contributed by atoms with van der Waals surface area (Å²) in [5.74, 6) is -2.89. The van der Waals surface area contributed by atoms with Crippen LogP contribution in [0.2, 0.25) is 0 Å². The second-order valence-electron chi connectivity index (χ2n) is 5.90. The van der Waals surface area contributed by atoms with Crippen molar-refractivity contribution in [3.05, 3.63) is 0 Å². The van der Waals surface area contributed by atoms with Crippen LogP contribution in [0.5, 0.6) is 0 Å². The summed E-state index contributed by atoms with van der Waals surface area (Å²) in [5, 5.41) is 30.6. The Bertz CT molecular complexity index is 468. The fourth-order valence-corrected chi connectivity index (χ4v) is 2.34. The Balaban J connectivity index is 1.79. The lowest BCUT2D eigenvalue weighted by Gasteiger charge is -2.37. The highest BCUT2D eigenvalue weighted by atomic mass is 16.6. The van der Waals surface area contributed by atoms with Gasteiger partial charge in [0, 0.05) is 12.8 Å². The van der Waals surface area contributed by atoms with Gasteiger partial charge in [0.1, 0.15) is 12.7 Å². The molecule has 9 nitrogen and oxygen atoms in total. The largest absolute Gasteiger partial charge is 0.479 e. The van der Waals surface area contributed by atoms with Crippen LogP contribution in [-0.2, 0) is 28.5 Å². The van der Waals surface area contributed by atoms with E-state index >= 15 is 0 Å². The summed E-state index contributed by atoms with van der Waals surface area (Å²) in [6.07, 6.45) is -1.99. The first-order chi connectivity index (χ1) is 10.3. The molecule has 0 bridgehead atoms. The highest BCUT2D eigenvalue weighted by Gasteiger charge is 2.64. The first-order valence-corrected chi connectivity index (χ1v) is 7.05. The third kappa shape index (κ3) is 3.08. The third-order valence-electron chi connectivity index (χ3n) is 4.03. The molecule has 0 aliphatic carbocycles. The van der Waals surface area contributed by atoms with E-state index in [1.807, 2.05) is 0 Å². The highest BCUT2D eigenvalue weighted by molar-refractivity contribution is 5.91. The van der Waals surface area contributed by atoms with E-state index in [2.05, 4.69) is 0 Å². The summed E-state index contributed by atoms with van der Waals surface area (Å²) in [4.78, 5) is 23.8. The molecule has 3 N–H and O–H groups in total. The quantitative estimate of drug-likeness (QED) is 0.326. The number of hydrogen-bond acceptors (Lipinski definition) is 8. The zero-order valence-electron chi connectivity index (χ0n) is 11.8. The number of carboxylic acids is 1. The number of aliphatic hydroxyl groups is 2. The van der Waals surface area contributed by atoms with Gasteiger partial charge in [-0.1, -0.05) is 0 Å². The van der Waals surface area contributed by atoms with E-state index in [4.69, 9.17) is 18.9 Å². The molecule has 0 aromatic rings. The van der Waals surface area contributed by atoms with Gasteiger partial charge in [-0.2, -0.15) is 0 Å². The molecule has 3 aliphatic rings. The van der Waals surface area contributed by atoms with Crippen LogP contribution in [0.4, 0.5) is 0 Å². The maximum atomic E-state index is 12.3. The smallest absolute Gasteiger partial charge is 0.342 e. The topological polar surface area (TPSA) is 142 Å². The van der Waals surface area contributed by atoms with Crippen molar-refractivity contribution in [2.45, 2.75) is 42.4 Å². The fraction of sp³-hybridized carbons (Fsp3) is 0.846. The van der Waals surface area contributed by atoms with Crippen molar-refractivity contribution in [1.29, 1.82) is 0 Å². The number of hydrogen-bond donors (Lipinski definition) is 3. The van der Waals surface area contributed by atoms with Gasteiger partial charge in [0.15, 0.2) is 0 Å². The minimum absolute atomic E-state index is 0.0949. The molecule has 3 heterocycles. The van der Waals surface area contributed by atoms with Gasteiger partial charge >= 0.3 is 11.9 Å². The van der Waals surface area contributed by atoms with Gasteiger partial charge < -0.3 is 34.3 Å². The summed E-state index contributed by atoms with van der Waals surface area (Å²) in [7, 11) is 0. The van der Waals surface area contributed by atoms with Crippen LogP contribution in [0.25, 0.3) is 0 Å². The average molecular weight is 318 g/mol. The molecule has 3 aliphatic heterocycles. The van der Waals surface area contributed by atoms with E-state index < -0.39 is 41.8 Å². The number of ether oxygens (including phenoxy) is 4. The Morgan fingerprint density at radius 2 is 1.41 bits per heavy atom. The lowest BCUT2D eigenvalue weighted by atomic mass is 9.76. The second kappa shape index (κ2) is 5.43. The lowest BCUT2D eigenvalue weighted by molar-refractivity contribution is -0.215. The number of rotatable bonds is 9. The maximum absolute atomic E-state index is 12.3. The number of epoxide rings is 3. The zero-order valence-corrected chi connectivity index (χ0v) is 11.8. The summed E-state index contributed by atoms with van der Waals surface area (Å²) >= 11 is 0. The molecule has 0 saturated carbocycles. The summed E-state index contributed by atoms with van der Waals surface area (Å²) in [6.45, 7) is 0.909. The van der Waals surface area contributed by atoms with E-state index in [9.17, 15) is 24.9 Å². The van der Waals surface area contributed by atoms with Crippen LogP contribution in [0, 0.1) is 0 Å². The Kier molecular flexibility index (Phi) is 3.86. The minimum Gasteiger partial charge on any atom is -0.479 e. The van der Waals surface area contributed by atoms with Crippen LogP contribution < -0.4 is 0 Å². The van der Waals surface area contributed by atoms with Crippen molar-refractivity contribution in [2.24, 2.45) is 0 Å². The van der Waals surface area contributed by atoms with E-state index in [-0.39, 0.29) is 32.3 Å². The molecular weight excluding hydrogens is 300 g/mol. The highest BCUT2D eigenvalue weighted by Crippen LogP contribution is 2.38. The van der Waals surface area contributed by atoms with Crippen LogP contribution in [-0.4, -0.2) is 83.2 Å². The molecule has 0 amide bonds. The molecule has 124 valence electrons. The SMILES string of the molecule is O=C(O)C(O)(CC1CO1)C(O)(CC1CO1)C(=O)OCC1CO1. The molecule has 0 aromatic carbocycles. The molecular formula is C13H18O9. The van der Waals surface area contributed by atoms with Gasteiger partial charge in [0.25, 0.3) is 0 Å². The van der Waals surface area contributed by atoms with Crippen molar-refractivity contribution in [2.75, 3.05) is 26.4 Å². The summed E-state index contributed by atoms with van der Waals surface area (Å²) in [5.41, 5.74) is -5.32. The molecule has 5 unspecified atom stereocenters. The number of aliphatic carboxylic acids is 1. The molecule has 0 spiro atoms. The standard InChI is InChI=1S/C13H18O9/c14-10(15)12(17,1-7-3-19-7)13(18,2-8-4-20-8)11(16)22-6-9-5-21-9/h7-9,17-18H,1-6H2,(H,14,15). The number of esters is 1. The van der Waals surface area contributed by atoms with Crippen LogP contribution in [0.1, 0.15) is 12.8 Å². The minimum atomic E-state index is -2.71. The van der Waals surface area contributed by atoms with E-state index in [1.165, 1.54) is 0 Å². The van der Waals surface area contributed by atoms with E-state index in [0.29, 0.717) is 6.61 Å². The third-order valence-corrected chi connectivity index (χ3v) is 4.03. The predicted octanol–water partition coefficient (Wildman–Crippen LogP) is -1.95. The average Bonchev–Trinajstić information content (AvgIpc) is 3.30. The number of carboxylic acid groups (broad SMARTS) is 1. The van der Waals surface area contributed by atoms with Crippen LogP contribution >= 0.6 is 0 Å². The molecule has 5 atom stereocenters. The van der Waals surface area contributed by atoms with Crippen molar-refractivity contribution in [3.63, 3.8) is 0 Å². The molecule has 0 radical (unpaired) electrons. The molecule has 3 saturated heterocycles. The van der Waals surface area contributed by atoms with Crippen molar-refractivity contribution >= 4 is 11.9 Å². The second-order valence-corrected chi connectivity index (χ2v) is 5.90. The molecule has 3 rings (SSSR count). The maximum Gasteiger partial charge on any atom is 0.342 e. The Hall–Kier alpha value is -1.26. The van der Waals surface area contributed by atoms with Gasteiger partial charge in [-0.3, -0.25) is 0 Å². The lowest BCUT2D eigenvalue weighted by Crippen LogP contribution is -2.65. The summed E-state index contributed by atoms with van der Waals surface area (Å²) < 4.78 is 19.7. The van der Waals surface area contributed by atoms with Crippen LogP contribution in [0.15, 0.2) is 0 Å². The normalized spacial score (nSPS) is 34.2. The van der Waals surface area contributed by atoms with E-state index in [1.54, 1.807) is 0 Å². The monoisotopic (exact) mass is 318 g/mol.